The Morgan fingerprint density at radius 2 is 2.10 bits per heavy atom. The van der Waals surface area contributed by atoms with Crippen molar-refractivity contribution in [3.63, 3.8) is 0 Å². The molecule has 2 aromatic rings. The second-order valence-corrected chi connectivity index (χ2v) is 7.24. The van der Waals surface area contributed by atoms with Gasteiger partial charge in [-0.15, -0.1) is 11.3 Å². The molecule has 0 fully saturated rings. The summed E-state index contributed by atoms with van der Waals surface area (Å²) in [6.07, 6.45) is 6.72. The number of methoxy groups -OCH3 is 1. The first-order valence-corrected chi connectivity index (χ1v) is 9.98. The van der Waals surface area contributed by atoms with Gasteiger partial charge in [0.25, 0.3) is 5.91 Å². The van der Waals surface area contributed by atoms with Crippen molar-refractivity contribution in [1.29, 1.82) is 5.41 Å². The van der Waals surface area contributed by atoms with E-state index >= 15 is 0 Å². The van der Waals surface area contributed by atoms with Gasteiger partial charge in [-0.3, -0.25) is 9.59 Å². The lowest BCUT2D eigenvalue weighted by atomic mass is 9.96. The summed E-state index contributed by atoms with van der Waals surface area (Å²) in [5.74, 6) is 0.968. The number of ether oxygens (including phenoxy) is 1. The van der Waals surface area contributed by atoms with E-state index in [0.717, 1.165) is 24.0 Å². The largest absolute Gasteiger partial charge is 0.501 e. The second-order valence-electron chi connectivity index (χ2n) is 6.21. The predicted molar refractivity (Wildman–Crippen MR) is 123 cm³/mol. The van der Waals surface area contributed by atoms with E-state index in [1.807, 2.05) is 19.9 Å². The minimum atomic E-state index is -0.282. The molecule has 0 bridgehead atoms. The Balaban J connectivity index is 0.00000204. The second kappa shape index (κ2) is 12.0. The van der Waals surface area contributed by atoms with Crippen LogP contribution in [0.1, 0.15) is 53.0 Å². The summed E-state index contributed by atoms with van der Waals surface area (Å²) >= 11 is 1.18. The normalized spacial score (nSPS) is 14.8. The maximum atomic E-state index is 12.7. The number of hydrogen-bond donors (Lipinski definition) is 4. The summed E-state index contributed by atoms with van der Waals surface area (Å²) in [6.45, 7) is 6.47. The highest BCUT2D eigenvalue weighted by molar-refractivity contribution is 7.20. The number of nitrogens with zero attached hydrogens (tertiary/aromatic N) is 2. The molecule has 1 atom stereocenters. The molecule has 8 N–H and O–H groups in total. The number of carbonyl (C=O) groups excluding carboxylic acids is 2. The molecule has 0 aromatic carbocycles. The number of nitrogens with one attached hydrogen (secondary N) is 2. The predicted octanol–water partition coefficient (Wildman–Crippen LogP) is 4.02. The number of aldehydes is 1. The number of amides is 1. The van der Waals surface area contributed by atoms with Gasteiger partial charge in [0.05, 0.1) is 17.6 Å². The zero-order valence-electron chi connectivity index (χ0n) is 18.2. The molecule has 3 rings (SSSR count). The fourth-order valence-corrected chi connectivity index (χ4v) is 4.09. The molecule has 1 aliphatic carbocycles. The number of aromatic nitrogens is 2. The van der Waals surface area contributed by atoms with Crippen LogP contribution in [-0.4, -0.2) is 41.6 Å². The van der Waals surface area contributed by atoms with Gasteiger partial charge in [0.15, 0.2) is 16.9 Å². The quantitative estimate of drug-likeness (QED) is 0.394. The average Bonchev–Trinajstić information content (AvgIpc) is 3.24. The van der Waals surface area contributed by atoms with Crippen LogP contribution in [0.2, 0.25) is 0 Å². The molecule has 1 unspecified atom stereocenters. The number of fused-ring (bicyclic) bond motifs is 1. The molecule has 166 valence electrons. The van der Waals surface area contributed by atoms with Crippen molar-refractivity contribution >= 4 is 40.1 Å². The third-order valence-corrected chi connectivity index (χ3v) is 5.33. The number of thiazole rings is 1. The lowest BCUT2D eigenvalue weighted by Gasteiger charge is -2.18. The van der Waals surface area contributed by atoms with Crippen LogP contribution in [0.25, 0.3) is 10.3 Å². The van der Waals surface area contributed by atoms with Crippen molar-refractivity contribution in [3.8, 4) is 0 Å². The molecule has 1 amide bonds. The zero-order chi connectivity index (χ0) is 20.8. The molecule has 10 heteroatoms. The van der Waals surface area contributed by atoms with Crippen LogP contribution in [0.4, 0.5) is 0 Å². The van der Waals surface area contributed by atoms with Crippen LogP contribution in [0.15, 0.2) is 23.5 Å². The fraction of sp³-hybridized carbons (Fsp3) is 0.400. The van der Waals surface area contributed by atoms with E-state index in [1.165, 1.54) is 11.3 Å². The molecule has 9 nitrogen and oxygen atoms in total. The van der Waals surface area contributed by atoms with Crippen molar-refractivity contribution in [2.45, 2.75) is 27.2 Å². The average molecular weight is 437 g/mol. The fourth-order valence-electron chi connectivity index (χ4n) is 3.16. The van der Waals surface area contributed by atoms with Crippen LogP contribution in [-0.2, 0) is 11.8 Å². The van der Waals surface area contributed by atoms with Gasteiger partial charge >= 0.3 is 0 Å². The van der Waals surface area contributed by atoms with Crippen molar-refractivity contribution in [2.75, 3.05) is 13.7 Å². The lowest BCUT2D eigenvalue weighted by molar-refractivity contribution is 0.0949. The number of carbonyl (C=O) groups is 2. The highest BCUT2D eigenvalue weighted by atomic mass is 32.1. The summed E-state index contributed by atoms with van der Waals surface area (Å²) in [7, 11) is 3.36. The van der Waals surface area contributed by atoms with Gasteiger partial charge in [0.2, 0.25) is 0 Å². The minimum Gasteiger partial charge on any atom is -0.501 e. The third-order valence-electron chi connectivity index (χ3n) is 4.32. The Morgan fingerprint density at radius 3 is 2.67 bits per heavy atom. The van der Waals surface area contributed by atoms with E-state index in [9.17, 15) is 9.59 Å². The van der Waals surface area contributed by atoms with Gasteiger partial charge in [-0.25, -0.2) is 4.98 Å². The Kier molecular flexibility index (Phi) is 10.9. The van der Waals surface area contributed by atoms with Gasteiger partial charge in [-0.2, -0.15) is 0 Å². The third kappa shape index (κ3) is 5.41. The van der Waals surface area contributed by atoms with Gasteiger partial charge in [-0.05, 0) is 17.6 Å². The number of aryl methyl sites for hydroxylation is 1. The zero-order valence-corrected chi connectivity index (χ0v) is 19.1. The Hall–Kier alpha value is -2.82. The molecular weight excluding hydrogens is 404 g/mol. The first-order valence-electron chi connectivity index (χ1n) is 9.16. The molecule has 30 heavy (non-hydrogen) atoms. The number of rotatable bonds is 6. The Morgan fingerprint density at radius 1 is 1.43 bits per heavy atom. The highest BCUT2D eigenvalue weighted by Crippen LogP contribution is 2.29. The van der Waals surface area contributed by atoms with Crippen LogP contribution in [0.3, 0.4) is 0 Å². The van der Waals surface area contributed by atoms with E-state index in [4.69, 9.17) is 10.1 Å². The van der Waals surface area contributed by atoms with E-state index in [0.29, 0.717) is 45.4 Å². The topological polar surface area (TPSA) is 167 Å². The molecule has 0 saturated heterocycles. The Bertz CT molecular complexity index is 958. The standard InChI is InChI=1S/C18H20N4O3S.C2H6.2H3N/c1-10-4-11(6-12(5-10)25-3)8-20-18(24)15-13(7-19)16-17(22(15)2)21-14(9-23)26-16;1-2;;/h4,6-7,9-10,19H,5,8H2,1-3H3,(H,20,24);1-2H3;2*1H3. The first-order chi connectivity index (χ1) is 13.5. The highest BCUT2D eigenvalue weighted by Gasteiger charge is 2.23. The summed E-state index contributed by atoms with van der Waals surface area (Å²) in [4.78, 5) is 27.9. The van der Waals surface area contributed by atoms with Gasteiger partial charge < -0.3 is 32.3 Å². The SMILES string of the molecule is CC.COC1=CC(CNC(=O)c2c(C=N)c3sc(C=O)nc3n2C)=CC(C)C1.N.N. The van der Waals surface area contributed by atoms with Crippen molar-refractivity contribution < 1.29 is 14.3 Å². The number of allylic oxidation sites excluding steroid dienone is 2. The van der Waals surface area contributed by atoms with Crippen LogP contribution in [0, 0.1) is 11.3 Å². The molecule has 2 aromatic heterocycles. The van der Waals surface area contributed by atoms with Crippen LogP contribution in [0.5, 0.6) is 0 Å². The molecule has 0 saturated carbocycles. The van der Waals surface area contributed by atoms with Gasteiger partial charge in [0, 0.05) is 31.8 Å². The van der Waals surface area contributed by atoms with Crippen molar-refractivity contribution in [1.82, 2.24) is 27.2 Å². The summed E-state index contributed by atoms with van der Waals surface area (Å²) in [5.41, 5.74) is 2.37. The van der Waals surface area contributed by atoms with Crippen molar-refractivity contribution in [2.24, 2.45) is 13.0 Å². The molecule has 2 heterocycles. The molecule has 1 aliphatic rings. The maximum absolute atomic E-state index is 12.7. The molecule has 0 spiro atoms. The lowest BCUT2D eigenvalue weighted by Crippen LogP contribution is -2.28. The Labute approximate surface area is 180 Å². The number of hydrogen-bond acceptors (Lipinski definition) is 8. The van der Waals surface area contributed by atoms with E-state index in [-0.39, 0.29) is 18.2 Å². The molecule has 0 radical (unpaired) electrons. The maximum Gasteiger partial charge on any atom is 0.268 e. The van der Waals surface area contributed by atoms with Gasteiger partial charge in [0.1, 0.15) is 5.69 Å². The monoisotopic (exact) mass is 436 g/mol. The van der Waals surface area contributed by atoms with E-state index < -0.39 is 0 Å². The van der Waals surface area contributed by atoms with Crippen LogP contribution < -0.4 is 17.6 Å². The van der Waals surface area contributed by atoms with E-state index in [1.54, 1.807) is 18.7 Å². The molecular formula is C20H32N6O3S. The van der Waals surface area contributed by atoms with E-state index in [2.05, 4.69) is 23.3 Å². The summed E-state index contributed by atoms with van der Waals surface area (Å²) < 4.78 is 7.62. The summed E-state index contributed by atoms with van der Waals surface area (Å²) in [6, 6.07) is 0. The smallest absolute Gasteiger partial charge is 0.268 e. The van der Waals surface area contributed by atoms with Crippen LogP contribution >= 0.6 is 11.3 Å². The summed E-state index contributed by atoms with van der Waals surface area (Å²) in [5, 5.41) is 10.9. The minimum absolute atomic E-state index is 0. The van der Waals surface area contributed by atoms with Gasteiger partial charge in [-0.1, -0.05) is 26.8 Å². The van der Waals surface area contributed by atoms with Crippen molar-refractivity contribution in [3.05, 3.63) is 39.7 Å². The molecule has 0 aliphatic heterocycles. The first kappa shape index (κ1) is 27.2.